The highest BCUT2D eigenvalue weighted by molar-refractivity contribution is 5.95. The van der Waals surface area contributed by atoms with Crippen LogP contribution in [0.4, 0.5) is 5.82 Å². The molecule has 0 spiro atoms. The number of carbonyl (C=O) groups excluding carboxylic acids is 1. The Morgan fingerprint density at radius 2 is 2.07 bits per heavy atom. The highest BCUT2D eigenvalue weighted by Crippen LogP contribution is 2.26. The maximum absolute atomic E-state index is 12.6. The molecule has 4 rings (SSSR count). The van der Waals surface area contributed by atoms with Gasteiger partial charge in [0.05, 0.1) is 17.8 Å². The van der Waals surface area contributed by atoms with Crippen LogP contribution in [0.3, 0.4) is 0 Å². The van der Waals surface area contributed by atoms with E-state index in [4.69, 9.17) is 0 Å². The van der Waals surface area contributed by atoms with Crippen molar-refractivity contribution in [1.82, 2.24) is 19.4 Å². The number of pyridine rings is 1. The van der Waals surface area contributed by atoms with Crippen molar-refractivity contribution in [2.75, 3.05) is 25.0 Å². The molecule has 1 aliphatic heterocycles. The molecule has 1 atom stereocenters. The molecule has 1 fully saturated rings. The minimum Gasteiger partial charge on any atom is -0.331 e. The lowest BCUT2D eigenvalue weighted by molar-refractivity contribution is -0.119. The second kappa shape index (κ2) is 7.12. The number of nitrogens with zero attached hydrogens (tertiary/aromatic N) is 4. The maximum Gasteiger partial charge on any atom is 0.229 e. The topological polar surface area (TPSA) is 63.1 Å². The van der Waals surface area contributed by atoms with Crippen molar-refractivity contribution >= 4 is 22.5 Å². The van der Waals surface area contributed by atoms with Gasteiger partial charge in [0, 0.05) is 30.7 Å². The molecule has 2 aromatic heterocycles. The number of hydrogen-bond donors (Lipinski definition) is 1. The van der Waals surface area contributed by atoms with E-state index in [9.17, 15) is 4.79 Å². The molecule has 1 unspecified atom stereocenters. The Kier molecular flexibility index (Phi) is 4.66. The predicted molar refractivity (Wildman–Crippen MR) is 108 cm³/mol. The number of benzene rings is 1. The Labute approximate surface area is 159 Å². The standard InChI is InChI=1S/C21H25N5O/c1-4-26-8-7-17(13-26)21(27)24-20-10-18-9-15(5-6-16(18)11-23-20)19-12-22-14(2)25(19)3/h5-6,9-12,17H,4,7-8,13H2,1-3H3,(H,23,24,27). The van der Waals surface area contributed by atoms with Crippen LogP contribution < -0.4 is 5.32 Å². The number of fused-ring (bicyclic) bond motifs is 1. The Morgan fingerprint density at radius 1 is 1.22 bits per heavy atom. The van der Waals surface area contributed by atoms with Crippen LogP contribution in [0.25, 0.3) is 22.0 Å². The number of hydrogen-bond acceptors (Lipinski definition) is 4. The summed E-state index contributed by atoms with van der Waals surface area (Å²) < 4.78 is 2.07. The van der Waals surface area contributed by atoms with Gasteiger partial charge in [-0.3, -0.25) is 4.79 Å². The van der Waals surface area contributed by atoms with E-state index in [1.54, 1.807) is 0 Å². The highest BCUT2D eigenvalue weighted by atomic mass is 16.2. The SMILES string of the molecule is CCN1CCC(C(=O)Nc2cc3cc(-c4cnc(C)n4C)ccc3cn2)C1. The summed E-state index contributed by atoms with van der Waals surface area (Å²) in [7, 11) is 2.02. The Balaban J connectivity index is 1.58. The van der Waals surface area contributed by atoms with Gasteiger partial charge in [0.25, 0.3) is 0 Å². The van der Waals surface area contributed by atoms with Crippen LogP contribution in [-0.2, 0) is 11.8 Å². The number of carbonyl (C=O) groups is 1. The summed E-state index contributed by atoms with van der Waals surface area (Å²) in [6.07, 6.45) is 4.62. The molecule has 140 valence electrons. The molecule has 6 heteroatoms. The molecule has 0 saturated carbocycles. The second-order valence-corrected chi connectivity index (χ2v) is 7.25. The van der Waals surface area contributed by atoms with Gasteiger partial charge in [0.1, 0.15) is 11.6 Å². The Bertz CT molecular complexity index is 993. The van der Waals surface area contributed by atoms with Crippen molar-refractivity contribution in [3.63, 3.8) is 0 Å². The van der Waals surface area contributed by atoms with E-state index in [0.717, 1.165) is 53.9 Å². The van der Waals surface area contributed by atoms with Crippen molar-refractivity contribution in [3.05, 3.63) is 42.5 Å². The molecule has 27 heavy (non-hydrogen) atoms. The van der Waals surface area contributed by atoms with Crippen molar-refractivity contribution in [2.45, 2.75) is 20.3 Å². The highest BCUT2D eigenvalue weighted by Gasteiger charge is 2.27. The lowest BCUT2D eigenvalue weighted by Gasteiger charge is -2.13. The minimum atomic E-state index is 0.0474. The summed E-state index contributed by atoms with van der Waals surface area (Å²) in [6.45, 7) is 6.94. The van der Waals surface area contributed by atoms with Gasteiger partial charge in [-0.1, -0.05) is 19.1 Å². The molecule has 1 amide bonds. The van der Waals surface area contributed by atoms with E-state index in [2.05, 4.69) is 49.9 Å². The molecule has 1 saturated heterocycles. The predicted octanol–water partition coefficient (Wildman–Crippen LogP) is 3.22. The fraction of sp³-hybridized carbons (Fsp3) is 0.381. The first-order valence-electron chi connectivity index (χ1n) is 9.47. The van der Waals surface area contributed by atoms with Gasteiger partial charge in [-0.25, -0.2) is 9.97 Å². The Morgan fingerprint density at radius 3 is 2.78 bits per heavy atom. The minimum absolute atomic E-state index is 0.0474. The summed E-state index contributed by atoms with van der Waals surface area (Å²) in [4.78, 5) is 23.7. The molecule has 3 aromatic rings. The number of aromatic nitrogens is 3. The molecule has 1 aromatic carbocycles. The van der Waals surface area contributed by atoms with Crippen LogP contribution in [0, 0.1) is 12.8 Å². The quantitative estimate of drug-likeness (QED) is 0.773. The lowest BCUT2D eigenvalue weighted by atomic mass is 10.1. The third-order valence-electron chi connectivity index (χ3n) is 5.58. The fourth-order valence-corrected chi connectivity index (χ4v) is 3.70. The third-order valence-corrected chi connectivity index (χ3v) is 5.58. The van der Waals surface area contributed by atoms with Crippen LogP contribution in [0.15, 0.2) is 36.7 Å². The molecular weight excluding hydrogens is 338 g/mol. The summed E-state index contributed by atoms with van der Waals surface area (Å²) in [5.74, 6) is 1.70. The average Bonchev–Trinajstić information content (AvgIpc) is 3.29. The van der Waals surface area contributed by atoms with E-state index in [1.165, 1.54) is 0 Å². The fourth-order valence-electron chi connectivity index (χ4n) is 3.70. The van der Waals surface area contributed by atoms with Gasteiger partial charge in [0.15, 0.2) is 0 Å². The number of aryl methyl sites for hydroxylation is 1. The zero-order valence-corrected chi connectivity index (χ0v) is 16.1. The van der Waals surface area contributed by atoms with E-state index in [1.807, 2.05) is 32.4 Å². The zero-order valence-electron chi connectivity index (χ0n) is 16.1. The lowest BCUT2D eigenvalue weighted by Crippen LogP contribution is -2.27. The van der Waals surface area contributed by atoms with Crippen LogP contribution in [-0.4, -0.2) is 45.0 Å². The van der Waals surface area contributed by atoms with Crippen molar-refractivity contribution < 1.29 is 4.79 Å². The molecule has 0 bridgehead atoms. The molecular formula is C21H25N5O. The first kappa shape index (κ1) is 17.7. The molecule has 6 nitrogen and oxygen atoms in total. The van der Waals surface area contributed by atoms with E-state index in [-0.39, 0.29) is 11.8 Å². The third kappa shape index (κ3) is 3.45. The summed E-state index contributed by atoms with van der Waals surface area (Å²) in [5, 5.41) is 5.10. The normalized spacial score (nSPS) is 17.5. The number of imidazole rings is 1. The van der Waals surface area contributed by atoms with Gasteiger partial charge >= 0.3 is 0 Å². The monoisotopic (exact) mass is 363 g/mol. The van der Waals surface area contributed by atoms with Crippen molar-refractivity contribution in [3.8, 4) is 11.3 Å². The average molecular weight is 363 g/mol. The summed E-state index contributed by atoms with van der Waals surface area (Å²) >= 11 is 0. The van der Waals surface area contributed by atoms with E-state index in [0.29, 0.717) is 5.82 Å². The number of nitrogens with one attached hydrogen (secondary N) is 1. The van der Waals surface area contributed by atoms with Crippen molar-refractivity contribution in [2.24, 2.45) is 13.0 Å². The van der Waals surface area contributed by atoms with Crippen LogP contribution in [0.1, 0.15) is 19.2 Å². The maximum atomic E-state index is 12.6. The molecule has 0 radical (unpaired) electrons. The molecule has 1 N–H and O–H groups in total. The van der Waals surface area contributed by atoms with Crippen molar-refractivity contribution in [1.29, 1.82) is 0 Å². The Hall–Kier alpha value is -2.73. The van der Waals surface area contributed by atoms with E-state index >= 15 is 0 Å². The summed E-state index contributed by atoms with van der Waals surface area (Å²) in [6, 6.07) is 8.21. The van der Waals surface area contributed by atoms with Crippen LogP contribution in [0.5, 0.6) is 0 Å². The smallest absolute Gasteiger partial charge is 0.229 e. The number of rotatable bonds is 4. The number of amides is 1. The van der Waals surface area contributed by atoms with Gasteiger partial charge in [-0.15, -0.1) is 0 Å². The van der Waals surface area contributed by atoms with E-state index < -0.39 is 0 Å². The van der Waals surface area contributed by atoms with Crippen LogP contribution in [0.2, 0.25) is 0 Å². The van der Waals surface area contributed by atoms with Gasteiger partial charge in [-0.2, -0.15) is 0 Å². The van der Waals surface area contributed by atoms with Gasteiger partial charge in [0.2, 0.25) is 5.91 Å². The number of anilines is 1. The van der Waals surface area contributed by atoms with Gasteiger partial charge < -0.3 is 14.8 Å². The number of likely N-dealkylation sites (tertiary alicyclic amines) is 1. The first-order chi connectivity index (χ1) is 13.0. The molecule has 1 aliphatic rings. The molecule has 0 aliphatic carbocycles. The first-order valence-corrected chi connectivity index (χ1v) is 9.47. The van der Waals surface area contributed by atoms with Crippen LogP contribution >= 0.6 is 0 Å². The second-order valence-electron chi connectivity index (χ2n) is 7.25. The van der Waals surface area contributed by atoms with Gasteiger partial charge in [-0.05, 0) is 44.0 Å². The zero-order chi connectivity index (χ0) is 19.0. The molecule has 3 heterocycles. The summed E-state index contributed by atoms with van der Waals surface area (Å²) in [5.41, 5.74) is 2.17. The largest absolute Gasteiger partial charge is 0.331 e.